The molecule has 34 heavy (non-hydrogen) atoms. The quantitative estimate of drug-likeness (QED) is 0.148. The van der Waals surface area contributed by atoms with Gasteiger partial charge in [-0.1, -0.05) is 35.4 Å². The molecule has 3 heteroatoms. The summed E-state index contributed by atoms with van der Waals surface area (Å²) in [5.74, 6) is 0. The third-order valence-electron chi connectivity index (χ3n) is 5.98. The van der Waals surface area contributed by atoms with Crippen LogP contribution in [-0.2, 0) is 30.3 Å². The van der Waals surface area contributed by atoms with E-state index in [2.05, 4.69) is 104 Å². The van der Waals surface area contributed by atoms with Gasteiger partial charge in [-0.25, -0.2) is 12.1 Å². The zero-order chi connectivity index (χ0) is 24.8. The Morgan fingerprint density at radius 1 is 0.765 bits per heavy atom. The zero-order valence-electron chi connectivity index (χ0n) is 21.4. The molecule has 5 rings (SSSR count). The second kappa shape index (κ2) is 11.7. The van der Waals surface area contributed by atoms with Gasteiger partial charge in [-0.05, 0) is 6.42 Å². The van der Waals surface area contributed by atoms with Gasteiger partial charge in [0.15, 0.2) is 0 Å². The molecule has 4 aromatic carbocycles. The number of benzene rings is 3. The average Bonchev–Trinajstić information content (AvgIpc) is 3.49. The molecule has 172 valence electrons. The van der Waals surface area contributed by atoms with E-state index < -0.39 is 16.1 Å². The Bertz CT molecular complexity index is 1150. The van der Waals surface area contributed by atoms with Crippen molar-refractivity contribution in [2.24, 2.45) is 0 Å². The maximum absolute atomic E-state index is 3.30. The first kappa shape index (κ1) is 26.8. The number of fused-ring (bicyclic) bond motifs is 3. The van der Waals surface area contributed by atoms with Crippen molar-refractivity contribution in [3.63, 3.8) is 0 Å². The molecule has 0 nitrogen and oxygen atoms in total. The number of rotatable bonds is 3. The van der Waals surface area contributed by atoms with Crippen LogP contribution in [0.2, 0.25) is 39.3 Å². The molecule has 0 fully saturated rings. The Hall–Kier alpha value is -1.82. The maximum atomic E-state index is 3.30. The Morgan fingerprint density at radius 2 is 1.44 bits per heavy atom. The molecule has 0 spiro atoms. The van der Waals surface area contributed by atoms with Crippen LogP contribution in [0, 0.1) is 6.07 Å². The van der Waals surface area contributed by atoms with E-state index in [1.165, 1.54) is 27.8 Å². The van der Waals surface area contributed by atoms with E-state index in [9.17, 15) is 0 Å². The summed E-state index contributed by atoms with van der Waals surface area (Å²) < 4.78 is 2.41. The maximum Gasteiger partial charge on any atom is -0.0253 e. The van der Waals surface area contributed by atoms with Gasteiger partial charge in [0.05, 0.1) is 0 Å². The first-order chi connectivity index (χ1) is 16.1. The average molecular weight is 643 g/mol. The van der Waals surface area contributed by atoms with E-state index in [1.54, 1.807) is 10.4 Å². The molecule has 0 amide bonds. The zero-order valence-corrected chi connectivity index (χ0v) is 27.0. The molecule has 0 atom stereocenters. The predicted octanol–water partition coefficient (Wildman–Crippen LogP) is 6.94. The van der Waals surface area contributed by atoms with Gasteiger partial charge in [-0.3, -0.25) is 0 Å². The van der Waals surface area contributed by atoms with Gasteiger partial charge >= 0.3 is 117 Å². The van der Waals surface area contributed by atoms with Crippen molar-refractivity contribution in [1.29, 1.82) is 0 Å². The van der Waals surface area contributed by atoms with Crippen molar-refractivity contribution in [3.05, 3.63) is 114 Å². The largest absolute Gasteiger partial charge is 0.214 e. The van der Waals surface area contributed by atoms with Crippen LogP contribution in [0.15, 0.2) is 91.0 Å². The van der Waals surface area contributed by atoms with Gasteiger partial charge in [0.2, 0.25) is 0 Å². The van der Waals surface area contributed by atoms with Crippen molar-refractivity contribution in [2.75, 3.05) is 0 Å². The van der Waals surface area contributed by atoms with Crippen LogP contribution in [0.5, 0.6) is 0 Å². The first-order valence-electron chi connectivity index (χ1n) is 12.0. The van der Waals surface area contributed by atoms with Gasteiger partial charge in [-0.15, -0.1) is 5.56 Å². The minimum atomic E-state index is -1.23. The molecule has 0 heterocycles. The van der Waals surface area contributed by atoms with Crippen LogP contribution in [-0.4, -0.2) is 19.9 Å². The SMILES string of the molecule is C[Si](C)(C)c1cccc([CH]=[Hf+2])c1[Si](C)(C)C.[c-]1cccc2c1Cc1ccccc1-2.c1cc[cH-]c1. The minimum Gasteiger partial charge on any atom is -0.214 e. The summed E-state index contributed by atoms with van der Waals surface area (Å²) in [7, 11) is -2.43. The van der Waals surface area contributed by atoms with E-state index in [0.717, 1.165) is 30.3 Å². The second-order valence-electron chi connectivity index (χ2n) is 10.8. The normalized spacial score (nSPS) is 11.9. The van der Waals surface area contributed by atoms with Gasteiger partial charge in [0.25, 0.3) is 0 Å². The van der Waals surface area contributed by atoms with Gasteiger partial charge in [-0.2, -0.15) is 48.0 Å². The minimum absolute atomic E-state index is 1.05. The van der Waals surface area contributed by atoms with Crippen LogP contribution >= 0.6 is 0 Å². The molecule has 1 aliphatic rings. The fraction of sp³-hybridized carbons (Fsp3) is 0.226. The van der Waals surface area contributed by atoms with E-state index >= 15 is 0 Å². The molecule has 0 saturated carbocycles. The molecule has 0 bridgehead atoms. The standard InChI is InChI=1S/C13H22Si2.C13H9.C5H5.Hf/c1-11-9-8-10-12(14(2,3)4)13(11)15(5,6)7;1-3-7-12-10(5-1)9-11-6-2-4-8-13(11)12;1-2-4-5-3-1;/h1,8-10H,2-7H3;1-5,7-8H,9H2;1-5H;/q;2*-1;+2. The van der Waals surface area contributed by atoms with Crippen LogP contribution in [0.1, 0.15) is 16.7 Å². The molecule has 1 aliphatic carbocycles. The van der Waals surface area contributed by atoms with Crippen LogP contribution < -0.4 is 10.4 Å². The van der Waals surface area contributed by atoms with Gasteiger partial charge in [0.1, 0.15) is 0 Å². The fourth-order valence-corrected chi connectivity index (χ4v) is 11.5. The summed E-state index contributed by atoms with van der Waals surface area (Å²) in [6, 6.07) is 35.1. The van der Waals surface area contributed by atoms with Crippen molar-refractivity contribution in [1.82, 2.24) is 0 Å². The molecule has 4 aromatic rings. The summed E-state index contributed by atoms with van der Waals surface area (Å²) in [4.78, 5) is 0. The smallest absolute Gasteiger partial charge is 0.0253 e. The molecule has 0 N–H and O–H groups in total. The molecular weight excluding hydrogens is 607 g/mol. The second-order valence-corrected chi connectivity index (χ2v) is 21.8. The van der Waals surface area contributed by atoms with Crippen LogP contribution in [0.3, 0.4) is 0 Å². The molecule has 0 aromatic heterocycles. The Balaban J connectivity index is 0.000000160. The van der Waals surface area contributed by atoms with Gasteiger partial charge < -0.3 is 0 Å². The monoisotopic (exact) mass is 644 g/mol. The summed E-state index contributed by atoms with van der Waals surface area (Å²) in [5.41, 5.74) is 7.04. The van der Waals surface area contributed by atoms with E-state index in [0.29, 0.717) is 0 Å². The number of hydrogen-bond acceptors (Lipinski definition) is 0. The van der Waals surface area contributed by atoms with Crippen molar-refractivity contribution < 1.29 is 23.9 Å². The fourth-order valence-electron chi connectivity index (χ4n) is 4.47. The summed E-state index contributed by atoms with van der Waals surface area (Å²) >= 11 is 1.16. The molecule has 0 saturated heterocycles. The Labute approximate surface area is 223 Å². The molecule has 0 radical (unpaired) electrons. The first-order valence-corrected chi connectivity index (χ1v) is 21.1. The van der Waals surface area contributed by atoms with Crippen molar-refractivity contribution in [3.8, 4) is 11.1 Å². The summed E-state index contributed by atoms with van der Waals surface area (Å²) in [6.07, 6.45) is 1.05. The number of hydrogen-bond donors (Lipinski definition) is 0. The van der Waals surface area contributed by atoms with Crippen LogP contribution in [0.25, 0.3) is 11.1 Å². The summed E-state index contributed by atoms with van der Waals surface area (Å²) in [5, 5.41) is 3.42. The topological polar surface area (TPSA) is 0 Å². The van der Waals surface area contributed by atoms with Crippen LogP contribution in [0.4, 0.5) is 0 Å². The third-order valence-corrected chi connectivity index (χ3v) is 11.4. The molecular formula is C31H36HfSi2. The molecule has 0 unspecified atom stereocenters. The third kappa shape index (κ3) is 6.87. The van der Waals surface area contributed by atoms with E-state index in [1.807, 2.05) is 36.4 Å². The van der Waals surface area contributed by atoms with Crippen molar-refractivity contribution in [2.45, 2.75) is 45.7 Å². The molecule has 0 aliphatic heterocycles. The van der Waals surface area contributed by atoms with E-state index in [4.69, 9.17) is 0 Å². The van der Waals surface area contributed by atoms with Crippen molar-refractivity contribution >= 4 is 30.3 Å². The van der Waals surface area contributed by atoms with Gasteiger partial charge in [0, 0.05) is 0 Å². The van der Waals surface area contributed by atoms with E-state index in [-0.39, 0.29) is 0 Å². The predicted molar refractivity (Wildman–Crippen MR) is 153 cm³/mol. The Morgan fingerprint density at radius 3 is 2.03 bits per heavy atom. The Kier molecular flexibility index (Phi) is 9.25. The summed E-state index contributed by atoms with van der Waals surface area (Å²) in [6.45, 7) is 14.8.